The molecule has 3 aromatic rings. The number of alkyl halides is 3. The summed E-state index contributed by atoms with van der Waals surface area (Å²) >= 11 is 0. The van der Waals surface area contributed by atoms with E-state index in [2.05, 4.69) is 15.3 Å². The summed E-state index contributed by atoms with van der Waals surface area (Å²) in [7, 11) is 1.72. The lowest BCUT2D eigenvalue weighted by molar-refractivity contribution is -0.137. The lowest BCUT2D eigenvalue weighted by Gasteiger charge is -2.08. The molecule has 0 N–H and O–H groups in total. The molecule has 0 aliphatic rings. The maximum absolute atomic E-state index is 12.9. The minimum Gasteiger partial charge on any atom is -0.275 e. The maximum Gasteiger partial charge on any atom is 0.416 e. The second kappa shape index (κ2) is 5.25. The van der Waals surface area contributed by atoms with Gasteiger partial charge < -0.3 is 0 Å². The van der Waals surface area contributed by atoms with E-state index in [4.69, 9.17) is 0 Å². The molecular formula is C15H11F3N4. The number of nitrogens with zero attached hydrogens (tertiary/aromatic N) is 4. The molecule has 0 aliphatic heterocycles. The fourth-order valence-corrected chi connectivity index (χ4v) is 2.21. The molecule has 0 atom stereocenters. The van der Waals surface area contributed by atoms with E-state index in [1.165, 1.54) is 12.3 Å². The monoisotopic (exact) mass is 304 g/mol. The molecule has 2 aromatic heterocycles. The summed E-state index contributed by atoms with van der Waals surface area (Å²) in [5, 5.41) is 11.8. The molecule has 4 nitrogen and oxygen atoms in total. The van der Waals surface area contributed by atoms with Gasteiger partial charge in [0.05, 0.1) is 18.0 Å². The molecule has 0 aliphatic carbocycles. The highest BCUT2D eigenvalue weighted by Crippen LogP contribution is 2.35. The lowest BCUT2D eigenvalue weighted by atomic mass is 10.0. The van der Waals surface area contributed by atoms with Crippen molar-refractivity contribution in [3.05, 3.63) is 54.5 Å². The minimum absolute atomic E-state index is 0.405. The van der Waals surface area contributed by atoms with E-state index in [9.17, 15) is 13.2 Å². The van der Waals surface area contributed by atoms with Crippen LogP contribution in [0.3, 0.4) is 0 Å². The van der Waals surface area contributed by atoms with Crippen LogP contribution in [0, 0.1) is 0 Å². The Bertz CT molecular complexity index is 794. The first-order valence-corrected chi connectivity index (χ1v) is 6.43. The molecule has 0 fully saturated rings. The van der Waals surface area contributed by atoms with E-state index < -0.39 is 11.7 Å². The Morgan fingerprint density at radius 3 is 2.55 bits per heavy atom. The van der Waals surface area contributed by atoms with Crippen molar-refractivity contribution in [3.8, 4) is 22.4 Å². The van der Waals surface area contributed by atoms with E-state index in [0.29, 0.717) is 16.8 Å². The molecule has 0 saturated heterocycles. The third-order valence-corrected chi connectivity index (χ3v) is 3.19. The number of halogens is 3. The second-order valence-corrected chi connectivity index (χ2v) is 4.77. The molecule has 0 spiro atoms. The summed E-state index contributed by atoms with van der Waals surface area (Å²) in [4.78, 5) is 0. The molecule has 0 radical (unpaired) electrons. The number of hydrogen-bond acceptors (Lipinski definition) is 3. The van der Waals surface area contributed by atoms with E-state index in [1.807, 2.05) is 0 Å². The quantitative estimate of drug-likeness (QED) is 0.727. The molecule has 7 heteroatoms. The van der Waals surface area contributed by atoms with Crippen molar-refractivity contribution in [2.45, 2.75) is 6.18 Å². The number of benzene rings is 1. The van der Waals surface area contributed by atoms with Gasteiger partial charge in [0.15, 0.2) is 0 Å². The van der Waals surface area contributed by atoms with Crippen LogP contribution in [0.15, 0.2) is 48.9 Å². The first-order valence-electron chi connectivity index (χ1n) is 6.43. The van der Waals surface area contributed by atoms with Crippen LogP contribution in [0.2, 0.25) is 0 Å². The van der Waals surface area contributed by atoms with Gasteiger partial charge in [0.1, 0.15) is 5.69 Å². The first-order chi connectivity index (χ1) is 10.4. The smallest absolute Gasteiger partial charge is 0.275 e. The molecule has 0 unspecified atom stereocenters. The highest BCUT2D eigenvalue weighted by atomic mass is 19.4. The van der Waals surface area contributed by atoms with Crippen molar-refractivity contribution in [2.75, 3.05) is 0 Å². The van der Waals surface area contributed by atoms with Crippen LogP contribution in [-0.2, 0) is 13.2 Å². The molecule has 22 heavy (non-hydrogen) atoms. The highest BCUT2D eigenvalue weighted by molar-refractivity contribution is 5.80. The molecule has 1 aromatic carbocycles. The Balaban J connectivity index is 2.14. The summed E-state index contributed by atoms with van der Waals surface area (Å²) in [6.45, 7) is 0. The average Bonchev–Trinajstić information content (AvgIpc) is 2.89. The zero-order valence-electron chi connectivity index (χ0n) is 11.5. The molecule has 3 rings (SSSR count). The molecular weight excluding hydrogens is 293 g/mol. The Morgan fingerprint density at radius 1 is 1.05 bits per heavy atom. The van der Waals surface area contributed by atoms with E-state index >= 15 is 0 Å². The first kappa shape index (κ1) is 14.2. The maximum atomic E-state index is 12.9. The largest absolute Gasteiger partial charge is 0.416 e. The van der Waals surface area contributed by atoms with Crippen LogP contribution in [-0.4, -0.2) is 20.0 Å². The van der Waals surface area contributed by atoms with Crippen LogP contribution >= 0.6 is 0 Å². The summed E-state index contributed by atoms with van der Waals surface area (Å²) in [5.41, 5.74) is 1.63. The fourth-order valence-electron chi connectivity index (χ4n) is 2.21. The molecule has 0 amide bonds. The Hall–Kier alpha value is -2.70. The zero-order chi connectivity index (χ0) is 15.7. The third kappa shape index (κ3) is 2.69. The highest BCUT2D eigenvalue weighted by Gasteiger charge is 2.30. The summed E-state index contributed by atoms with van der Waals surface area (Å²) in [6, 6.07) is 6.86. The number of rotatable bonds is 2. The van der Waals surface area contributed by atoms with Gasteiger partial charge in [0.25, 0.3) is 0 Å². The SMILES string of the molecule is Cn1cc(-c2ccnnc2)c(-c2cccc(C(F)(F)F)c2)n1. The number of aryl methyl sites for hydroxylation is 1. The van der Waals surface area contributed by atoms with Crippen LogP contribution in [0.5, 0.6) is 0 Å². The van der Waals surface area contributed by atoms with Crippen LogP contribution < -0.4 is 0 Å². The van der Waals surface area contributed by atoms with Gasteiger partial charge in [-0.15, -0.1) is 0 Å². The van der Waals surface area contributed by atoms with Crippen LogP contribution in [0.1, 0.15) is 5.56 Å². The van der Waals surface area contributed by atoms with Gasteiger partial charge >= 0.3 is 6.18 Å². The molecule has 2 heterocycles. The van der Waals surface area contributed by atoms with Crippen molar-refractivity contribution < 1.29 is 13.2 Å². The number of hydrogen-bond donors (Lipinski definition) is 0. The Morgan fingerprint density at radius 2 is 1.86 bits per heavy atom. The standard InChI is InChI=1S/C15H11F3N4/c1-22-9-13(11-5-6-19-20-8-11)14(21-22)10-3-2-4-12(7-10)15(16,17)18/h2-9H,1H3. The lowest BCUT2D eigenvalue weighted by Crippen LogP contribution is -2.04. The van der Waals surface area contributed by atoms with Crippen molar-refractivity contribution in [3.63, 3.8) is 0 Å². The minimum atomic E-state index is -4.39. The molecule has 112 valence electrons. The fraction of sp³-hybridized carbons (Fsp3) is 0.133. The van der Waals surface area contributed by atoms with E-state index in [1.54, 1.807) is 36.3 Å². The van der Waals surface area contributed by atoms with Gasteiger partial charge in [0, 0.05) is 29.9 Å². The summed E-state index contributed by atoms with van der Waals surface area (Å²) in [6.07, 6.45) is 0.433. The summed E-state index contributed by atoms with van der Waals surface area (Å²) in [5.74, 6) is 0. The van der Waals surface area contributed by atoms with Crippen LogP contribution in [0.25, 0.3) is 22.4 Å². The topological polar surface area (TPSA) is 43.6 Å². The normalized spacial score (nSPS) is 11.6. The Kier molecular flexibility index (Phi) is 3.40. The Labute approximate surface area is 124 Å². The third-order valence-electron chi connectivity index (χ3n) is 3.19. The zero-order valence-corrected chi connectivity index (χ0v) is 11.5. The van der Waals surface area contributed by atoms with Gasteiger partial charge in [0.2, 0.25) is 0 Å². The van der Waals surface area contributed by atoms with Crippen molar-refractivity contribution in [2.24, 2.45) is 7.05 Å². The predicted molar refractivity (Wildman–Crippen MR) is 74.7 cm³/mol. The van der Waals surface area contributed by atoms with Gasteiger partial charge in [-0.05, 0) is 18.2 Å². The van der Waals surface area contributed by atoms with Crippen LogP contribution in [0.4, 0.5) is 13.2 Å². The predicted octanol–water partition coefficient (Wildman–Crippen LogP) is 3.56. The van der Waals surface area contributed by atoms with Gasteiger partial charge in [-0.2, -0.15) is 28.5 Å². The van der Waals surface area contributed by atoms with Gasteiger partial charge in [-0.3, -0.25) is 4.68 Å². The average molecular weight is 304 g/mol. The van der Waals surface area contributed by atoms with Crippen molar-refractivity contribution in [1.82, 2.24) is 20.0 Å². The second-order valence-electron chi connectivity index (χ2n) is 4.77. The number of aromatic nitrogens is 4. The van der Waals surface area contributed by atoms with Gasteiger partial charge in [-0.1, -0.05) is 12.1 Å². The van der Waals surface area contributed by atoms with Gasteiger partial charge in [-0.25, -0.2) is 0 Å². The van der Waals surface area contributed by atoms with Crippen molar-refractivity contribution >= 4 is 0 Å². The van der Waals surface area contributed by atoms with Crippen molar-refractivity contribution in [1.29, 1.82) is 0 Å². The van der Waals surface area contributed by atoms with E-state index in [-0.39, 0.29) is 0 Å². The van der Waals surface area contributed by atoms with E-state index in [0.717, 1.165) is 17.7 Å². The summed E-state index contributed by atoms with van der Waals surface area (Å²) < 4.78 is 40.2. The molecule has 0 saturated carbocycles. The molecule has 0 bridgehead atoms.